The minimum atomic E-state index is -0.131. The van der Waals surface area contributed by atoms with Gasteiger partial charge >= 0.3 is 0 Å². The topological polar surface area (TPSA) is 12.0 Å². The Labute approximate surface area is 117 Å². The first-order valence-electron chi connectivity index (χ1n) is 6.85. The van der Waals surface area contributed by atoms with Crippen LogP contribution in [0.4, 0.5) is 4.39 Å². The minimum absolute atomic E-state index is 0.0834. The molecule has 1 fully saturated rings. The second kappa shape index (κ2) is 6.67. The molecule has 0 amide bonds. The van der Waals surface area contributed by atoms with Gasteiger partial charge in [-0.05, 0) is 44.4 Å². The summed E-state index contributed by atoms with van der Waals surface area (Å²) in [5.74, 6) is 0.646. The van der Waals surface area contributed by atoms with Crippen LogP contribution in [-0.4, -0.2) is 6.54 Å². The molecule has 3 heteroatoms. The average Bonchev–Trinajstić information content (AvgIpc) is 2.37. The molecule has 0 aromatic heterocycles. The van der Waals surface area contributed by atoms with E-state index < -0.39 is 0 Å². The van der Waals surface area contributed by atoms with Crippen molar-refractivity contribution in [2.24, 2.45) is 5.92 Å². The molecule has 1 aliphatic carbocycles. The molecule has 1 atom stereocenters. The van der Waals surface area contributed by atoms with Crippen molar-refractivity contribution in [1.29, 1.82) is 0 Å². The Hall–Kier alpha value is -0.410. The van der Waals surface area contributed by atoms with Crippen molar-refractivity contribution in [3.05, 3.63) is 34.1 Å². The smallest absolute Gasteiger partial charge is 0.129 e. The Bertz CT molecular complexity index is 388. The van der Waals surface area contributed by atoms with E-state index in [4.69, 9.17) is 0 Å². The number of halogens is 2. The predicted molar refractivity (Wildman–Crippen MR) is 77.1 cm³/mol. The highest BCUT2D eigenvalue weighted by Gasteiger charge is 2.16. The first-order chi connectivity index (χ1) is 8.66. The molecule has 2 rings (SSSR count). The van der Waals surface area contributed by atoms with Crippen LogP contribution in [0, 0.1) is 11.7 Å². The largest absolute Gasteiger partial charge is 0.310 e. The fourth-order valence-electron chi connectivity index (χ4n) is 2.70. The Morgan fingerprint density at radius 3 is 2.72 bits per heavy atom. The van der Waals surface area contributed by atoms with Gasteiger partial charge in [0.15, 0.2) is 0 Å². The third-order valence-electron chi connectivity index (χ3n) is 3.87. The zero-order chi connectivity index (χ0) is 13.0. The minimum Gasteiger partial charge on any atom is -0.310 e. The molecule has 1 nitrogen and oxygen atoms in total. The summed E-state index contributed by atoms with van der Waals surface area (Å²) in [6.45, 7) is 3.05. The van der Waals surface area contributed by atoms with Gasteiger partial charge in [-0.15, -0.1) is 0 Å². The van der Waals surface area contributed by atoms with Gasteiger partial charge in [-0.2, -0.15) is 0 Å². The van der Waals surface area contributed by atoms with Gasteiger partial charge in [0, 0.05) is 16.1 Å². The van der Waals surface area contributed by atoms with Crippen LogP contribution < -0.4 is 5.32 Å². The fraction of sp³-hybridized carbons (Fsp3) is 0.600. The van der Waals surface area contributed by atoms with Gasteiger partial charge in [-0.1, -0.05) is 41.3 Å². The maximum Gasteiger partial charge on any atom is 0.129 e. The molecule has 1 unspecified atom stereocenters. The Morgan fingerprint density at radius 1 is 1.33 bits per heavy atom. The van der Waals surface area contributed by atoms with E-state index in [-0.39, 0.29) is 11.9 Å². The monoisotopic (exact) mass is 313 g/mol. The number of nitrogens with one attached hydrogen (secondary N) is 1. The van der Waals surface area contributed by atoms with Crippen LogP contribution in [0.25, 0.3) is 0 Å². The quantitative estimate of drug-likeness (QED) is 0.840. The van der Waals surface area contributed by atoms with Crippen molar-refractivity contribution in [2.45, 2.75) is 45.1 Å². The highest BCUT2D eigenvalue weighted by atomic mass is 79.9. The van der Waals surface area contributed by atoms with Crippen molar-refractivity contribution >= 4 is 15.9 Å². The van der Waals surface area contributed by atoms with E-state index in [1.54, 1.807) is 0 Å². The SMILES string of the molecule is CC(NCC1CCCCC1)c1ccc(Br)cc1F. The molecule has 1 saturated carbocycles. The summed E-state index contributed by atoms with van der Waals surface area (Å²) < 4.78 is 14.6. The van der Waals surface area contributed by atoms with E-state index in [2.05, 4.69) is 21.2 Å². The van der Waals surface area contributed by atoms with Crippen molar-refractivity contribution in [3.63, 3.8) is 0 Å². The predicted octanol–water partition coefficient (Wildman–Crippen LogP) is 4.82. The summed E-state index contributed by atoms with van der Waals surface area (Å²) in [5, 5.41) is 3.47. The first-order valence-corrected chi connectivity index (χ1v) is 7.64. The van der Waals surface area contributed by atoms with Crippen LogP contribution in [0.5, 0.6) is 0 Å². The summed E-state index contributed by atoms with van der Waals surface area (Å²) in [4.78, 5) is 0. The van der Waals surface area contributed by atoms with Crippen molar-refractivity contribution < 1.29 is 4.39 Å². The molecule has 0 heterocycles. The lowest BCUT2D eigenvalue weighted by Gasteiger charge is -2.24. The lowest BCUT2D eigenvalue weighted by atomic mass is 9.89. The van der Waals surface area contributed by atoms with E-state index in [9.17, 15) is 4.39 Å². The Morgan fingerprint density at radius 2 is 2.06 bits per heavy atom. The molecule has 0 aliphatic heterocycles. The van der Waals surface area contributed by atoms with Gasteiger partial charge in [0.2, 0.25) is 0 Å². The normalized spacial score (nSPS) is 18.8. The number of benzene rings is 1. The molecule has 0 spiro atoms. The van der Waals surface area contributed by atoms with Crippen LogP contribution in [0.2, 0.25) is 0 Å². The molecule has 1 aromatic rings. The van der Waals surface area contributed by atoms with E-state index in [1.807, 2.05) is 19.1 Å². The Balaban J connectivity index is 1.88. The first kappa shape index (κ1) is 14.0. The second-order valence-corrected chi connectivity index (χ2v) is 6.22. The molecule has 18 heavy (non-hydrogen) atoms. The van der Waals surface area contributed by atoms with Crippen LogP contribution in [0.3, 0.4) is 0 Å². The summed E-state index contributed by atoms with van der Waals surface area (Å²) in [6, 6.07) is 5.38. The zero-order valence-corrected chi connectivity index (χ0v) is 12.5. The molecule has 1 aliphatic rings. The Kier molecular flexibility index (Phi) is 5.19. The lowest BCUT2D eigenvalue weighted by molar-refractivity contribution is 0.330. The highest BCUT2D eigenvalue weighted by Crippen LogP contribution is 2.25. The summed E-state index contributed by atoms with van der Waals surface area (Å²) in [6.07, 6.45) is 6.74. The molecular weight excluding hydrogens is 293 g/mol. The molecule has 1 aromatic carbocycles. The molecule has 0 radical (unpaired) electrons. The van der Waals surface area contributed by atoms with Gasteiger partial charge in [0.05, 0.1) is 0 Å². The van der Waals surface area contributed by atoms with E-state index in [1.165, 1.54) is 38.2 Å². The standard InChI is InChI=1S/C15H21BrFN/c1-11(14-8-7-13(16)9-15(14)17)18-10-12-5-3-2-4-6-12/h7-9,11-12,18H,2-6,10H2,1H3. The van der Waals surface area contributed by atoms with Gasteiger partial charge in [0.25, 0.3) is 0 Å². The molecule has 0 bridgehead atoms. The molecule has 0 saturated heterocycles. The molecule has 1 N–H and O–H groups in total. The summed E-state index contributed by atoms with van der Waals surface area (Å²) in [5.41, 5.74) is 0.758. The van der Waals surface area contributed by atoms with E-state index in [0.29, 0.717) is 0 Å². The maximum absolute atomic E-state index is 13.8. The van der Waals surface area contributed by atoms with Gasteiger partial charge in [-0.25, -0.2) is 4.39 Å². The number of hydrogen-bond donors (Lipinski definition) is 1. The average molecular weight is 314 g/mol. The number of hydrogen-bond acceptors (Lipinski definition) is 1. The van der Waals surface area contributed by atoms with Crippen molar-refractivity contribution in [2.75, 3.05) is 6.54 Å². The lowest BCUT2D eigenvalue weighted by Crippen LogP contribution is -2.27. The maximum atomic E-state index is 13.8. The van der Waals surface area contributed by atoms with Gasteiger partial charge in [0.1, 0.15) is 5.82 Å². The van der Waals surface area contributed by atoms with Crippen molar-refractivity contribution in [1.82, 2.24) is 5.32 Å². The highest BCUT2D eigenvalue weighted by molar-refractivity contribution is 9.10. The van der Waals surface area contributed by atoms with Gasteiger partial charge < -0.3 is 5.32 Å². The van der Waals surface area contributed by atoms with E-state index in [0.717, 1.165) is 22.5 Å². The fourth-order valence-corrected chi connectivity index (χ4v) is 3.03. The van der Waals surface area contributed by atoms with Crippen molar-refractivity contribution in [3.8, 4) is 0 Å². The third-order valence-corrected chi connectivity index (χ3v) is 4.36. The zero-order valence-electron chi connectivity index (χ0n) is 10.9. The third kappa shape index (κ3) is 3.79. The van der Waals surface area contributed by atoms with Crippen LogP contribution >= 0.6 is 15.9 Å². The van der Waals surface area contributed by atoms with Crippen LogP contribution in [-0.2, 0) is 0 Å². The number of rotatable bonds is 4. The molecule has 100 valence electrons. The second-order valence-electron chi connectivity index (χ2n) is 5.30. The summed E-state index contributed by atoms with van der Waals surface area (Å²) >= 11 is 3.29. The molecular formula is C15H21BrFN. The van der Waals surface area contributed by atoms with Crippen LogP contribution in [0.15, 0.2) is 22.7 Å². The van der Waals surface area contributed by atoms with Gasteiger partial charge in [-0.3, -0.25) is 0 Å². The van der Waals surface area contributed by atoms with E-state index >= 15 is 0 Å². The summed E-state index contributed by atoms with van der Waals surface area (Å²) in [7, 11) is 0. The van der Waals surface area contributed by atoms with Crippen LogP contribution in [0.1, 0.15) is 50.6 Å².